The van der Waals surface area contributed by atoms with E-state index in [-0.39, 0.29) is 11.9 Å². The zero-order valence-electron chi connectivity index (χ0n) is 12.2. The van der Waals surface area contributed by atoms with E-state index in [1.165, 1.54) is 12.4 Å². The molecule has 3 aromatic rings. The van der Waals surface area contributed by atoms with Crippen molar-refractivity contribution in [2.75, 3.05) is 0 Å². The molecule has 1 N–H and O–H groups in total. The Hall–Kier alpha value is -2.88. The number of benzene rings is 2. The average Bonchev–Trinajstić information content (AvgIpc) is 2.54. The third-order valence-electron chi connectivity index (χ3n) is 3.67. The number of amides is 1. The highest BCUT2D eigenvalue weighted by Crippen LogP contribution is 2.24. The fraction of sp³-hybridized carbons (Fsp3) is 0.111. The first-order valence-electron chi connectivity index (χ1n) is 7.12. The molecule has 1 atom stereocenters. The van der Waals surface area contributed by atoms with Gasteiger partial charge in [-0.2, -0.15) is 4.73 Å². The minimum absolute atomic E-state index is 0.154. The predicted molar refractivity (Wildman–Crippen MR) is 85.2 cm³/mol. The summed E-state index contributed by atoms with van der Waals surface area (Å²) in [5, 5.41) is 16.5. The van der Waals surface area contributed by atoms with Gasteiger partial charge in [0.2, 0.25) is 0 Å². The van der Waals surface area contributed by atoms with Gasteiger partial charge in [-0.3, -0.25) is 4.79 Å². The molecule has 0 saturated carbocycles. The van der Waals surface area contributed by atoms with Gasteiger partial charge in [0.1, 0.15) is 5.56 Å². The first-order valence-corrected chi connectivity index (χ1v) is 7.12. The summed E-state index contributed by atoms with van der Waals surface area (Å²) in [5.41, 5.74) is 1.40. The Morgan fingerprint density at radius 1 is 1.09 bits per heavy atom. The van der Waals surface area contributed by atoms with Crippen molar-refractivity contribution in [2.45, 2.75) is 13.0 Å². The molecule has 0 aliphatic carbocycles. The van der Waals surface area contributed by atoms with Gasteiger partial charge in [-0.15, -0.1) is 0 Å². The van der Waals surface area contributed by atoms with E-state index >= 15 is 0 Å². The van der Waals surface area contributed by atoms with Crippen LogP contribution in [0.5, 0.6) is 0 Å². The van der Waals surface area contributed by atoms with Crippen molar-refractivity contribution in [3.8, 4) is 0 Å². The molecule has 0 radical (unpaired) electrons. The molecule has 1 heterocycles. The van der Waals surface area contributed by atoms with E-state index in [9.17, 15) is 10.0 Å². The number of fused-ring (bicyclic) bond motifs is 1. The minimum Gasteiger partial charge on any atom is -0.619 e. The van der Waals surface area contributed by atoms with Crippen molar-refractivity contribution >= 4 is 16.7 Å². The standard InChI is InChI=1S/C18H16N2O2/c1-13(19-18(21)15-8-5-11-20(22)12-15)16-10-4-7-14-6-2-3-9-17(14)16/h2-13H,1H3,(H,19,21)/t13-/m1/s1. The summed E-state index contributed by atoms with van der Waals surface area (Å²) < 4.78 is 0.623. The number of rotatable bonds is 3. The molecule has 4 nitrogen and oxygen atoms in total. The molecule has 1 aromatic heterocycles. The topological polar surface area (TPSA) is 56.0 Å². The Morgan fingerprint density at radius 2 is 1.86 bits per heavy atom. The maximum atomic E-state index is 12.3. The minimum atomic E-state index is -0.259. The summed E-state index contributed by atoms with van der Waals surface area (Å²) in [5.74, 6) is -0.259. The van der Waals surface area contributed by atoms with E-state index in [1.54, 1.807) is 12.1 Å². The van der Waals surface area contributed by atoms with Crippen LogP contribution in [0.15, 0.2) is 67.0 Å². The van der Waals surface area contributed by atoms with Crippen molar-refractivity contribution in [3.05, 3.63) is 83.3 Å². The third kappa shape index (κ3) is 2.76. The number of pyridine rings is 1. The number of nitrogens with zero attached hydrogens (tertiary/aromatic N) is 1. The number of hydrogen-bond acceptors (Lipinski definition) is 2. The zero-order chi connectivity index (χ0) is 15.5. The van der Waals surface area contributed by atoms with Gasteiger partial charge in [-0.25, -0.2) is 0 Å². The molecule has 0 bridgehead atoms. The Labute approximate surface area is 128 Å². The Kier molecular flexibility index (Phi) is 3.74. The summed E-state index contributed by atoms with van der Waals surface area (Å²) in [6.45, 7) is 1.94. The van der Waals surface area contributed by atoms with Crippen LogP contribution in [-0.2, 0) is 0 Å². The normalized spacial score (nSPS) is 12.0. The number of carbonyl (C=O) groups is 1. The molecule has 0 aliphatic rings. The largest absolute Gasteiger partial charge is 0.619 e. The lowest BCUT2D eigenvalue weighted by atomic mass is 9.99. The van der Waals surface area contributed by atoms with Crippen LogP contribution < -0.4 is 10.0 Å². The van der Waals surface area contributed by atoms with Crippen LogP contribution in [0.2, 0.25) is 0 Å². The molecule has 22 heavy (non-hydrogen) atoms. The Balaban J connectivity index is 1.87. The molecule has 0 saturated heterocycles. The lowest BCUT2D eigenvalue weighted by Crippen LogP contribution is -2.31. The molecule has 0 aliphatic heterocycles. The predicted octanol–water partition coefficient (Wildman–Crippen LogP) is 2.96. The van der Waals surface area contributed by atoms with Crippen molar-refractivity contribution in [1.29, 1.82) is 0 Å². The molecule has 1 amide bonds. The van der Waals surface area contributed by atoms with E-state index in [0.717, 1.165) is 16.3 Å². The van der Waals surface area contributed by atoms with Gasteiger partial charge in [0.25, 0.3) is 5.91 Å². The number of nitrogens with one attached hydrogen (secondary N) is 1. The molecule has 0 spiro atoms. The maximum Gasteiger partial charge on any atom is 0.257 e. The Morgan fingerprint density at radius 3 is 2.68 bits per heavy atom. The van der Waals surface area contributed by atoms with Crippen molar-refractivity contribution in [3.63, 3.8) is 0 Å². The highest BCUT2D eigenvalue weighted by atomic mass is 16.5. The van der Waals surface area contributed by atoms with Crippen molar-refractivity contribution < 1.29 is 9.52 Å². The molecule has 110 valence electrons. The lowest BCUT2D eigenvalue weighted by Gasteiger charge is -2.16. The van der Waals surface area contributed by atoms with Crippen LogP contribution in [0.25, 0.3) is 10.8 Å². The highest BCUT2D eigenvalue weighted by Gasteiger charge is 2.15. The molecule has 3 rings (SSSR count). The van der Waals surface area contributed by atoms with E-state index in [2.05, 4.69) is 5.32 Å². The first kappa shape index (κ1) is 14.1. The van der Waals surface area contributed by atoms with Gasteiger partial charge in [0.15, 0.2) is 12.4 Å². The van der Waals surface area contributed by atoms with E-state index < -0.39 is 0 Å². The first-order chi connectivity index (χ1) is 10.6. The fourth-order valence-corrected chi connectivity index (χ4v) is 2.57. The SMILES string of the molecule is C[C@@H](NC(=O)c1ccc[n+]([O-])c1)c1cccc2ccccc12. The zero-order valence-corrected chi connectivity index (χ0v) is 12.2. The average molecular weight is 292 g/mol. The molecular weight excluding hydrogens is 276 g/mol. The maximum absolute atomic E-state index is 12.3. The van der Waals surface area contributed by atoms with Crippen LogP contribution in [0.4, 0.5) is 0 Å². The van der Waals surface area contributed by atoms with Crippen LogP contribution in [0, 0.1) is 5.21 Å². The number of aromatic nitrogens is 1. The van der Waals surface area contributed by atoms with Gasteiger partial charge in [0, 0.05) is 6.07 Å². The molecule has 0 unspecified atom stereocenters. The van der Waals surface area contributed by atoms with Crippen LogP contribution in [0.3, 0.4) is 0 Å². The van der Waals surface area contributed by atoms with E-state index in [1.807, 2.05) is 49.4 Å². The monoisotopic (exact) mass is 292 g/mol. The third-order valence-corrected chi connectivity index (χ3v) is 3.67. The summed E-state index contributed by atoms with van der Waals surface area (Å²) in [4.78, 5) is 12.3. The van der Waals surface area contributed by atoms with Crippen LogP contribution >= 0.6 is 0 Å². The van der Waals surface area contributed by atoms with Gasteiger partial charge >= 0.3 is 0 Å². The summed E-state index contributed by atoms with van der Waals surface area (Å²) >= 11 is 0. The summed E-state index contributed by atoms with van der Waals surface area (Å²) in [6.07, 6.45) is 2.62. The second kappa shape index (κ2) is 5.85. The second-order valence-corrected chi connectivity index (χ2v) is 5.22. The summed E-state index contributed by atoms with van der Waals surface area (Å²) in [7, 11) is 0. The second-order valence-electron chi connectivity index (χ2n) is 5.22. The van der Waals surface area contributed by atoms with Gasteiger partial charge < -0.3 is 10.5 Å². The van der Waals surface area contributed by atoms with Crippen molar-refractivity contribution in [1.82, 2.24) is 5.32 Å². The quantitative estimate of drug-likeness (QED) is 0.596. The van der Waals surface area contributed by atoms with Crippen LogP contribution in [0.1, 0.15) is 28.9 Å². The molecular formula is C18H16N2O2. The van der Waals surface area contributed by atoms with E-state index in [0.29, 0.717) is 10.3 Å². The van der Waals surface area contributed by atoms with Crippen LogP contribution in [-0.4, -0.2) is 5.91 Å². The van der Waals surface area contributed by atoms with Gasteiger partial charge in [-0.05, 0) is 29.3 Å². The van der Waals surface area contributed by atoms with E-state index in [4.69, 9.17) is 0 Å². The lowest BCUT2D eigenvalue weighted by molar-refractivity contribution is -0.605. The van der Waals surface area contributed by atoms with Gasteiger partial charge in [-0.1, -0.05) is 42.5 Å². The van der Waals surface area contributed by atoms with Crippen molar-refractivity contribution in [2.24, 2.45) is 0 Å². The fourth-order valence-electron chi connectivity index (χ4n) is 2.57. The number of carbonyl (C=O) groups excluding carboxylic acids is 1. The number of hydrogen-bond donors (Lipinski definition) is 1. The highest BCUT2D eigenvalue weighted by molar-refractivity contribution is 5.94. The molecule has 2 aromatic carbocycles. The smallest absolute Gasteiger partial charge is 0.257 e. The molecule has 4 heteroatoms. The Bertz CT molecular complexity index is 825. The van der Waals surface area contributed by atoms with Gasteiger partial charge in [0.05, 0.1) is 6.04 Å². The summed E-state index contributed by atoms with van der Waals surface area (Å²) in [6, 6.07) is 17.1. The molecule has 0 fully saturated rings.